The van der Waals surface area contributed by atoms with E-state index in [1.54, 1.807) is 24.3 Å². The van der Waals surface area contributed by atoms with Crippen LogP contribution in [-0.4, -0.2) is 82.8 Å². The molecule has 58 heavy (non-hydrogen) atoms. The van der Waals surface area contributed by atoms with Crippen LogP contribution in [0.15, 0.2) is 72.8 Å². The van der Waals surface area contributed by atoms with Crippen LogP contribution in [0.4, 0.5) is 0 Å². The Kier molecular flexibility index (Phi) is 18.3. The maximum Gasteiger partial charge on any atom is 0.243 e. The summed E-state index contributed by atoms with van der Waals surface area (Å²) in [5.41, 5.74) is 12.6. The Morgan fingerprint density at radius 2 is 1.21 bits per heavy atom. The Balaban J connectivity index is 1.76. The third-order valence-corrected chi connectivity index (χ3v) is 9.52. The molecule has 0 aliphatic rings. The molecule has 0 saturated carbocycles. The van der Waals surface area contributed by atoms with Gasteiger partial charge in [-0.3, -0.25) is 33.6 Å². The number of nitrogens with two attached hydrogens (primary N) is 2. The molecule has 0 aromatic heterocycles. The number of nitrogens with one attached hydrogen (secondary N) is 5. The van der Waals surface area contributed by atoms with Gasteiger partial charge in [-0.1, -0.05) is 100 Å². The summed E-state index contributed by atoms with van der Waals surface area (Å²) < 4.78 is 0. The number of carbonyl (C=O) groups is 7. The van der Waals surface area contributed by atoms with Crippen molar-refractivity contribution in [2.24, 2.45) is 23.3 Å². The van der Waals surface area contributed by atoms with E-state index < -0.39 is 84.1 Å². The van der Waals surface area contributed by atoms with Gasteiger partial charge in [0.25, 0.3) is 0 Å². The third kappa shape index (κ3) is 15.6. The quantitative estimate of drug-likeness (QED) is 0.0699. The van der Waals surface area contributed by atoms with Crippen molar-refractivity contribution in [3.63, 3.8) is 0 Å². The first kappa shape index (κ1) is 46.6. The molecular formula is C43H59N7O8. The minimum atomic E-state index is -1.43. The van der Waals surface area contributed by atoms with Gasteiger partial charge in [-0.05, 0) is 53.0 Å². The highest BCUT2D eigenvalue weighted by Gasteiger charge is 2.33. The second kappa shape index (κ2) is 22.8. The number of carbonyl (C=O) groups excluding carboxylic acids is 7. The summed E-state index contributed by atoms with van der Waals surface area (Å²) in [6.07, 6.45) is -1.67. The predicted molar refractivity (Wildman–Crippen MR) is 220 cm³/mol. The highest BCUT2D eigenvalue weighted by Crippen LogP contribution is 2.20. The largest absolute Gasteiger partial charge is 0.390 e. The lowest BCUT2D eigenvalue weighted by atomic mass is 9.95. The summed E-state index contributed by atoms with van der Waals surface area (Å²) in [4.78, 5) is 90.8. The minimum absolute atomic E-state index is 0.0417. The van der Waals surface area contributed by atoms with Crippen molar-refractivity contribution in [1.29, 1.82) is 0 Å². The van der Waals surface area contributed by atoms with Gasteiger partial charge in [-0.25, -0.2) is 0 Å². The van der Waals surface area contributed by atoms with Crippen molar-refractivity contribution in [2.45, 2.75) is 116 Å². The molecule has 0 aliphatic heterocycles. The van der Waals surface area contributed by atoms with E-state index in [-0.39, 0.29) is 50.4 Å². The van der Waals surface area contributed by atoms with E-state index in [9.17, 15) is 38.7 Å². The normalized spacial score (nSPS) is 14.3. The van der Waals surface area contributed by atoms with E-state index in [1.807, 2.05) is 76.2 Å². The molecule has 0 fully saturated rings. The molecule has 6 atom stereocenters. The number of benzene rings is 3. The molecule has 15 heteroatoms. The van der Waals surface area contributed by atoms with E-state index in [0.717, 1.165) is 21.9 Å². The molecule has 15 nitrogen and oxygen atoms in total. The molecule has 0 aliphatic carbocycles. The van der Waals surface area contributed by atoms with Crippen molar-refractivity contribution in [2.75, 3.05) is 0 Å². The average molecular weight is 802 g/mol. The van der Waals surface area contributed by atoms with E-state index in [4.69, 9.17) is 11.5 Å². The van der Waals surface area contributed by atoms with Gasteiger partial charge < -0.3 is 43.2 Å². The van der Waals surface area contributed by atoms with Gasteiger partial charge in [-0.15, -0.1) is 0 Å². The predicted octanol–water partition coefficient (Wildman–Crippen LogP) is 1.66. The van der Waals surface area contributed by atoms with Crippen molar-refractivity contribution in [3.8, 4) is 0 Å². The van der Waals surface area contributed by atoms with Crippen molar-refractivity contribution >= 4 is 52.1 Å². The lowest BCUT2D eigenvalue weighted by molar-refractivity contribution is -0.133. The van der Waals surface area contributed by atoms with E-state index in [2.05, 4.69) is 26.6 Å². The SMILES string of the molecule is CC(=O)N[C@@H](Cc1cccc2ccccc12)C(=O)N[C@@H](CCC(N)=O)C(=O)N[C@@H](CC(C)C)[C@@H](O)CC(=O)N[C@@H](CC(C)C)C(=O)N[C@@H](Cc1ccccc1)C(N)=O. The summed E-state index contributed by atoms with van der Waals surface area (Å²) >= 11 is 0. The molecule has 314 valence electrons. The molecule has 7 amide bonds. The first-order valence-electron chi connectivity index (χ1n) is 19.7. The molecule has 0 bridgehead atoms. The first-order chi connectivity index (χ1) is 27.4. The molecule has 0 unspecified atom stereocenters. The minimum Gasteiger partial charge on any atom is -0.390 e. The second-order valence-corrected chi connectivity index (χ2v) is 15.6. The van der Waals surface area contributed by atoms with E-state index >= 15 is 0 Å². The fraction of sp³-hybridized carbons (Fsp3) is 0.465. The Morgan fingerprint density at radius 1 is 0.621 bits per heavy atom. The van der Waals surface area contributed by atoms with Gasteiger partial charge in [0, 0.05) is 26.2 Å². The molecule has 0 spiro atoms. The molecule has 0 saturated heterocycles. The maximum absolute atomic E-state index is 13.9. The van der Waals surface area contributed by atoms with E-state index in [0.29, 0.717) is 0 Å². The lowest BCUT2D eigenvalue weighted by Gasteiger charge is -2.29. The molecule has 3 aromatic rings. The lowest BCUT2D eigenvalue weighted by Crippen LogP contribution is -2.57. The number of amides is 7. The van der Waals surface area contributed by atoms with Gasteiger partial charge in [0.2, 0.25) is 41.4 Å². The highest BCUT2D eigenvalue weighted by atomic mass is 16.3. The summed E-state index contributed by atoms with van der Waals surface area (Å²) in [6, 6.07) is 16.8. The van der Waals surface area contributed by atoms with Crippen LogP contribution < -0.4 is 38.1 Å². The maximum atomic E-state index is 13.9. The number of primary amides is 2. The number of aliphatic hydroxyl groups excluding tert-OH is 1. The van der Waals surface area contributed by atoms with Gasteiger partial charge in [0.15, 0.2) is 0 Å². The zero-order valence-electron chi connectivity index (χ0n) is 34.0. The zero-order chi connectivity index (χ0) is 42.9. The topological polar surface area (TPSA) is 252 Å². The Hall–Kier alpha value is -5.83. The fourth-order valence-electron chi connectivity index (χ4n) is 6.71. The first-order valence-corrected chi connectivity index (χ1v) is 19.7. The molecule has 3 rings (SSSR count). The standard InChI is InChI=1S/C43H59N7O8/c1-25(2)20-33(37(52)24-39(54)47-35(21-26(3)4)42(57)50-34(40(45)55)22-28-12-7-6-8-13-28)49-41(56)32(18-19-38(44)53)48-43(58)36(46-27(5)51)23-30-16-11-15-29-14-9-10-17-31(29)30/h6-17,25-26,32-37,52H,18-24H2,1-5H3,(H2,44,53)(H2,45,55)(H,46,51)(H,47,54)(H,48,58)(H,49,56)(H,50,57)/t32-,33-,34-,35-,36-,37-/m0/s1. The summed E-state index contributed by atoms with van der Waals surface area (Å²) in [5, 5.41) is 26.6. The molecule has 10 N–H and O–H groups in total. The highest BCUT2D eigenvalue weighted by molar-refractivity contribution is 5.94. The molecule has 3 aromatic carbocycles. The number of fused-ring (bicyclic) bond motifs is 1. The molecule has 0 heterocycles. The summed E-state index contributed by atoms with van der Waals surface area (Å²) in [7, 11) is 0. The van der Waals surface area contributed by atoms with Crippen LogP contribution in [0.1, 0.15) is 77.8 Å². The number of hydrogen-bond acceptors (Lipinski definition) is 8. The van der Waals surface area contributed by atoms with Crippen LogP contribution in [0, 0.1) is 11.8 Å². The van der Waals surface area contributed by atoms with Gasteiger partial charge in [0.1, 0.15) is 24.2 Å². The summed E-state index contributed by atoms with van der Waals surface area (Å²) in [6.45, 7) is 8.71. The zero-order valence-corrected chi connectivity index (χ0v) is 34.0. The second-order valence-electron chi connectivity index (χ2n) is 15.6. The van der Waals surface area contributed by atoms with Crippen molar-refractivity contribution < 1.29 is 38.7 Å². The van der Waals surface area contributed by atoms with Gasteiger partial charge in [-0.2, -0.15) is 0 Å². The number of hydrogen-bond donors (Lipinski definition) is 8. The van der Waals surface area contributed by atoms with Crippen LogP contribution in [0.3, 0.4) is 0 Å². The third-order valence-electron chi connectivity index (χ3n) is 9.52. The van der Waals surface area contributed by atoms with Crippen LogP contribution in [0.25, 0.3) is 10.8 Å². The number of rotatable bonds is 23. The number of aliphatic hydroxyl groups is 1. The van der Waals surface area contributed by atoms with Crippen LogP contribution in [0.2, 0.25) is 0 Å². The van der Waals surface area contributed by atoms with Crippen molar-refractivity contribution in [3.05, 3.63) is 83.9 Å². The van der Waals surface area contributed by atoms with Gasteiger partial charge in [0.05, 0.1) is 18.6 Å². The molecule has 0 radical (unpaired) electrons. The Bertz CT molecular complexity index is 1880. The van der Waals surface area contributed by atoms with Crippen molar-refractivity contribution in [1.82, 2.24) is 26.6 Å². The monoisotopic (exact) mass is 801 g/mol. The Morgan fingerprint density at radius 3 is 1.83 bits per heavy atom. The fourth-order valence-corrected chi connectivity index (χ4v) is 6.71. The average Bonchev–Trinajstić information content (AvgIpc) is 3.15. The molecular weight excluding hydrogens is 743 g/mol. The van der Waals surface area contributed by atoms with Crippen LogP contribution in [-0.2, 0) is 46.4 Å². The summed E-state index contributed by atoms with van der Waals surface area (Å²) in [5.74, 6) is -4.74. The van der Waals surface area contributed by atoms with Crippen LogP contribution in [0.5, 0.6) is 0 Å². The van der Waals surface area contributed by atoms with Gasteiger partial charge >= 0.3 is 0 Å². The smallest absolute Gasteiger partial charge is 0.243 e. The van der Waals surface area contributed by atoms with Crippen LogP contribution >= 0.6 is 0 Å². The Labute approximate surface area is 339 Å². The van der Waals surface area contributed by atoms with E-state index in [1.165, 1.54) is 6.92 Å².